The van der Waals surface area contributed by atoms with Gasteiger partial charge in [0.2, 0.25) is 0 Å². The largest absolute Gasteiger partial charge is 0.508 e. The number of carboxylic acids is 1. The predicted octanol–water partition coefficient (Wildman–Crippen LogP) is 5.72. The molecule has 1 amide bonds. The summed E-state index contributed by atoms with van der Waals surface area (Å²) in [7, 11) is 0. The summed E-state index contributed by atoms with van der Waals surface area (Å²) in [5, 5.41) is 23.3. The number of aromatic nitrogens is 3. The Labute approximate surface area is 224 Å². The van der Waals surface area contributed by atoms with E-state index in [2.05, 4.69) is 14.9 Å². The fourth-order valence-corrected chi connectivity index (χ4v) is 5.81. The normalized spacial score (nSPS) is 15.1. The highest BCUT2D eigenvalue weighted by molar-refractivity contribution is 6.00. The average molecular weight is 527 g/mol. The molecule has 1 atom stereocenters. The molecule has 4 N–H and O–H groups in total. The lowest BCUT2D eigenvalue weighted by Crippen LogP contribution is -2.42. The number of benzene rings is 2. The molecular weight excluding hydrogens is 496 g/mol. The molecule has 200 valence electrons. The number of carbonyl (C=O) groups is 2. The van der Waals surface area contributed by atoms with E-state index >= 15 is 0 Å². The second-order valence-electron chi connectivity index (χ2n) is 10.3. The number of nitrogens with zero attached hydrogens (tertiary/aromatic N) is 2. The van der Waals surface area contributed by atoms with Gasteiger partial charge in [0.05, 0.1) is 17.3 Å². The Bertz CT molecular complexity index is 1670. The van der Waals surface area contributed by atoms with Gasteiger partial charge in [0.15, 0.2) is 11.6 Å². The van der Waals surface area contributed by atoms with E-state index in [1.54, 1.807) is 36.6 Å². The first kappa shape index (κ1) is 24.8. The van der Waals surface area contributed by atoms with Crippen molar-refractivity contribution in [1.29, 1.82) is 0 Å². The van der Waals surface area contributed by atoms with Gasteiger partial charge in [-0.25, -0.2) is 9.78 Å². The van der Waals surface area contributed by atoms with E-state index in [0.29, 0.717) is 22.9 Å². The highest BCUT2D eigenvalue weighted by Gasteiger charge is 2.26. The smallest absolute Gasteiger partial charge is 0.326 e. The zero-order valence-corrected chi connectivity index (χ0v) is 21.6. The van der Waals surface area contributed by atoms with E-state index in [4.69, 9.17) is 9.40 Å². The van der Waals surface area contributed by atoms with E-state index in [1.165, 1.54) is 6.42 Å². The molecule has 2 aromatic carbocycles. The number of hydrogen-bond donors (Lipinski definition) is 4. The Morgan fingerprint density at radius 2 is 1.97 bits per heavy atom. The average Bonchev–Trinajstić information content (AvgIpc) is 3.66. The van der Waals surface area contributed by atoms with Gasteiger partial charge < -0.3 is 29.5 Å². The van der Waals surface area contributed by atoms with E-state index in [1.807, 2.05) is 25.1 Å². The fraction of sp³-hybridized carbons (Fsp3) is 0.300. The van der Waals surface area contributed by atoms with Crippen LogP contribution in [0.4, 0.5) is 0 Å². The molecule has 0 bridgehead atoms. The number of carbonyl (C=O) groups excluding carboxylic acids is 1. The number of fused-ring (bicyclic) bond motifs is 2. The monoisotopic (exact) mass is 526 g/mol. The number of nitrogens with one attached hydrogen (secondary N) is 2. The Morgan fingerprint density at radius 3 is 2.72 bits per heavy atom. The van der Waals surface area contributed by atoms with E-state index < -0.39 is 17.9 Å². The van der Waals surface area contributed by atoms with Crippen molar-refractivity contribution >= 4 is 33.8 Å². The van der Waals surface area contributed by atoms with Crippen LogP contribution in [0.15, 0.2) is 59.2 Å². The standard InChI is InChI=1S/C30H30N4O5/c1-17-21(22-15-20(35)10-11-23(22)31-17)16-25(30(37)38)33-29(36)18-9-12-26-24(14-18)32-28(27-8-5-13-39-27)34(26)19-6-3-2-4-7-19/h5,8-15,19,25,31,35H,2-4,6-7,16H2,1H3,(H,33,36)(H,37,38)/t25-/m0/s1. The molecule has 1 aliphatic carbocycles. The minimum Gasteiger partial charge on any atom is -0.508 e. The first-order valence-electron chi connectivity index (χ1n) is 13.3. The summed E-state index contributed by atoms with van der Waals surface area (Å²) < 4.78 is 7.92. The Balaban J connectivity index is 1.30. The van der Waals surface area contributed by atoms with E-state index in [9.17, 15) is 19.8 Å². The van der Waals surface area contributed by atoms with Crippen molar-refractivity contribution < 1.29 is 24.2 Å². The molecule has 0 saturated heterocycles. The molecule has 0 unspecified atom stereocenters. The molecule has 1 saturated carbocycles. The molecule has 6 rings (SSSR count). The first-order valence-corrected chi connectivity index (χ1v) is 13.3. The maximum atomic E-state index is 13.3. The summed E-state index contributed by atoms with van der Waals surface area (Å²) in [5.74, 6) is -0.125. The molecule has 0 spiro atoms. The van der Waals surface area contributed by atoms with Gasteiger partial charge in [-0.3, -0.25) is 4.79 Å². The van der Waals surface area contributed by atoms with E-state index in [-0.39, 0.29) is 12.2 Å². The second-order valence-corrected chi connectivity index (χ2v) is 10.3. The molecule has 1 fully saturated rings. The van der Waals surface area contributed by atoms with Gasteiger partial charge in [0.25, 0.3) is 5.91 Å². The minimum atomic E-state index is -1.16. The number of hydrogen-bond acceptors (Lipinski definition) is 5. The van der Waals surface area contributed by atoms with Gasteiger partial charge >= 0.3 is 5.97 Å². The Hall–Kier alpha value is -4.53. The van der Waals surface area contributed by atoms with Crippen molar-refractivity contribution in [3.63, 3.8) is 0 Å². The molecular formula is C30H30N4O5. The SMILES string of the molecule is Cc1[nH]c2ccc(O)cc2c1C[C@H](NC(=O)c1ccc2c(c1)nc(-c1ccco1)n2C1CCCCC1)C(=O)O. The molecule has 9 heteroatoms. The lowest BCUT2D eigenvalue weighted by Gasteiger charge is -2.25. The molecule has 39 heavy (non-hydrogen) atoms. The van der Waals surface area contributed by atoms with Crippen LogP contribution in [0.2, 0.25) is 0 Å². The highest BCUT2D eigenvalue weighted by Crippen LogP contribution is 2.36. The van der Waals surface area contributed by atoms with Crippen LogP contribution >= 0.6 is 0 Å². The number of aromatic amines is 1. The number of rotatable bonds is 7. The quantitative estimate of drug-likeness (QED) is 0.214. The molecule has 0 aliphatic heterocycles. The van der Waals surface area contributed by atoms with Crippen LogP contribution in [-0.4, -0.2) is 42.7 Å². The van der Waals surface area contributed by atoms with Crippen LogP contribution in [0.1, 0.15) is 59.8 Å². The number of phenolic OH excluding ortho intramolecular Hbond substituents is 1. The molecule has 0 radical (unpaired) electrons. The Morgan fingerprint density at radius 1 is 1.15 bits per heavy atom. The number of phenols is 1. The van der Waals surface area contributed by atoms with Crippen LogP contribution in [0.3, 0.4) is 0 Å². The van der Waals surface area contributed by atoms with Crippen molar-refractivity contribution in [2.24, 2.45) is 0 Å². The van der Waals surface area contributed by atoms with Crippen molar-refractivity contribution in [2.45, 2.75) is 57.5 Å². The summed E-state index contributed by atoms with van der Waals surface area (Å²) in [6.07, 6.45) is 7.37. The summed E-state index contributed by atoms with van der Waals surface area (Å²) in [6, 6.07) is 13.1. The minimum absolute atomic E-state index is 0.0670. The lowest BCUT2D eigenvalue weighted by atomic mass is 9.95. The maximum absolute atomic E-state index is 13.3. The number of aliphatic carboxylic acids is 1. The van der Waals surface area contributed by atoms with Crippen molar-refractivity contribution in [2.75, 3.05) is 0 Å². The number of aryl methyl sites for hydroxylation is 1. The van der Waals surface area contributed by atoms with E-state index in [0.717, 1.165) is 59.2 Å². The molecule has 1 aliphatic rings. The molecule has 5 aromatic rings. The van der Waals surface area contributed by atoms with Crippen LogP contribution < -0.4 is 5.32 Å². The first-order chi connectivity index (χ1) is 18.9. The van der Waals surface area contributed by atoms with Crippen LogP contribution in [-0.2, 0) is 11.2 Å². The van der Waals surface area contributed by atoms with Crippen molar-refractivity contribution in [3.05, 3.63) is 71.6 Å². The topological polar surface area (TPSA) is 133 Å². The third-order valence-electron chi connectivity index (χ3n) is 7.75. The fourth-order valence-electron chi connectivity index (χ4n) is 5.81. The number of furan rings is 1. The number of carboxylic acid groups (broad SMARTS) is 1. The van der Waals surface area contributed by atoms with Crippen molar-refractivity contribution in [1.82, 2.24) is 19.9 Å². The van der Waals surface area contributed by atoms with Crippen LogP contribution in [0.25, 0.3) is 33.5 Å². The Kier molecular flexibility index (Phi) is 6.34. The molecule has 3 aromatic heterocycles. The van der Waals surface area contributed by atoms with Crippen molar-refractivity contribution in [3.8, 4) is 17.3 Å². The van der Waals surface area contributed by atoms with Gasteiger partial charge in [-0.1, -0.05) is 19.3 Å². The third-order valence-corrected chi connectivity index (χ3v) is 7.75. The van der Waals surface area contributed by atoms with Gasteiger partial charge in [0, 0.05) is 34.6 Å². The molecule has 3 heterocycles. The maximum Gasteiger partial charge on any atom is 0.326 e. The van der Waals surface area contributed by atoms with Gasteiger partial charge in [-0.15, -0.1) is 0 Å². The second kappa shape index (κ2) is 9.98. The highest BCUT2D eigenvalue weighted by atomic mass is 16.4. The number of H-pyrrole nitrogens is 1. The van der Waals surface area contributed by atoms with Gasteiger partial charge in [-0.05, 0) is 73.9 Å². The lowest BCUT2D eigenvalue weighted by molar-refractivity contribution is -0.139. The van der Waals surface area contributed by atoms with Crippen LogP contribution in [0.5, 0.6) is 5.75 Å². The predicted molar refractivity (Wildman–Crippen MR) is 147 cm³/mol. The summed E-state index contributed by atoms with van der Waals surface area (Å²) in [5.41, 5.74) is 4.24. The van der Waals surface area contributed by atoms with Crippen LogP contribution in [0, 0.1) is 6.92 Å². The number of amides is 1. The number of aromatic hydroxyl groups is 1. The zero-order chi connectivity index (χ0) is 27.1. The van der Waals surface area contributed by atoms with Gasteiger partial charge in [-0.2, -0.15) is 0 Å². The van der Waals surface area contributed by atoms with Gasteiger partial charge in [0.1, 0.15) is 11.8 Å². The number of imidazole rings is 1. The summed E-state index contributed by atoms with van der Waals surface area (Å²) >= 11 is 0. The summed E-state index contributed by atoms with van der Waals surface area (Å²) in [6.45, 7) is 1.85. The summed E-state index contributed by atoms with van der Waals surface area (Å²) in [4.78, 5) is 33.5. The third kappa shape index (κ3) is 4.65. The molecule has 9 nitrogen and oxygen atoms in total. The zero-order valence-electron chi connectivity index (χ0n) is 21.6.